The number of anilines is 9. The van der Waals surface area contributed by atoms with Crippen molar-refractivity contribution in [3.8, 4) is 17.6 Å². The third-order valence-electron chi connectivity index (χ3n) is 16.2. The van der Waals surface area contributed by atoms with Crippen LogP contribution in [0, 0.1) is 0 Å². The van der Waals surface area contributed by atoms with Gasteiger partial charge in [-0.05, 0) is 133 Å². The third-order valence-corrected chi connectivity index (χ3v) is 16.2. The van der Waals surface area contributed by atoms with Gasteiger partial charge in [0.2, 0.25) is 5.95 Å². The van der Waals surface area contributed by atoms with Gasteiger partial charge < -0.3 is 14.7 Å². The summed E-state index contributed by atoms with van der Waals surface area (Å²) in [7, 11) is 0. The predicted molar refractivity (Wildman–Crippen MR) is 349 cm³/mol. The monoisotopic (exact) mass is 1080 g/mol. The second-order valence-corrected chi connectivity index (χ2v) is 21.1. The molecule has 12 aromatic carbocycles. The van der Waals surface area contributed by atoms with E-state index in [-0.39, 0.29) is 0 Å². The molecule has 4 aromatic heterocycles. The van der Waals surface area contributed by atoms with Crippen LogP contribution in [-0.4, -0.2) is 23.7 Å². The molecular formula is C76H52N8. The highest BCUT2D eigenvalue weighted by atomic mass is 15.2. The molecule has 0 aliphatic heterocycles. The summed E-state index contributed by atoms with van der Waals surface area (Å²) in [5.74, 6) is 1.99. The summed E-state index contributed by atoms with van der Waals surface area (Å²) in [4.78, 5) is 18.6. The number of nitrogens with zero attached hydrogens (tertiary/aromatic N) is 8. The second-order valence-electron chi connectivity index (χ2n) is 21.1. The summed E-state index contributed by atoms with van der Waals surface area (Å²) >= 11 is 0. The van der Waals surface area contributed by atoms with Crippen LogP contribution in [-0.2, 0) is 0 Å². The summed E-state index contributed by atoms with van der Waals surface area (Å²) in [6.07, 6.45) is 0. The minimum Gasteiger partial charge on any atom is -0.310 e. The van der Waals surface area contributed by atoms with Crippen molar-refractivity contribution >= 4 is 117 Å². The van der Waals surface area contributed by atoms with Gasteiger partial charge in [-0.15, -0.1) is 0 Å². The van der Waals surface area contributed by atoms with Gasteiger partial charge in [0.25, 0.3) is 0 Å². The van der Waals surface area contributed by atoms with Crippen molar-refractivity contribution in [1.29, 1.82) is 0 Å². The van der Waals surface area contributed by atoms with E-state index in [1.807, 2.05) is 0 Å². The van der Waals surface area contributed by atoms with Crippen LogP contribution in [0.3, 0.4) is 0 Å². The Kier molecular flexibility index (Phi) is 11.7. The van der Waals surface area contributed by atoms with Crippen LogP contribution in [0.2, 0.25) is 0 Å². The Bertz CT molecular complexity index is 4740. The molecule has 84 heavy (non-hydrogen) atoms. The molecule has 0 fully saturated rings. The smallest absolute Gasteiger partial charge is 0.238 e. The zero-order chi connectivity index (χ0) is 55.5. The van der Waals surface area contributed by atoms with Crippen molar-refractivity contribution in [2.45, 2.75) is 0 Å². The molecule has 0 atom stereocenters. The van der Waals surface area contributed by atoms with E-state index >= 15 is 0 Å². The molecular weight excluding hydrogens is 1020 g/mol. The molecule has 396 valence electrons. The standard InChI is InChI=1S/C76H52N8/c1-7-25-53(26-8-1)79(54-27-9-2-10-28-54)59-45-48-71-67(49-59)64-39-21-24-42-70(64)84(71)76-77-74(82-68-40-22-19-37-62(68)65-46-43-60(50-72(65)82)80(55-29-11-3-12-30-55)56-31-13-4-14-32-56)52-75(78-76)83-69-41-23-20-38-63(69)66-47-44-61(51-73(66)83)81(57-33-15-5-16-34-57)58-35-17-6-18-36-58/h1-52H. The van der Waals surface area contributed by atoms with Gasteiger partial charge in [-0.1, -0.05) is 176 Å². The number of hydrogen-bond acceptors (Lipinski definition) is 5. The van der Waals surface area contributed by atoms with Crippen LogP contribution in [0.25, 0.3) is 83.0 Å². The molecule has 8 nitrogen and oxygen atoms in total. The molecule has 0 amide bonds. The number of fused-ring (bicyclic) bond motifs is 9. The number of benzene rings is 12. The van der Waals surface area contributed by atoms with Gasteiger partial charge in [0.05, 0.1) is 33.1 Å². The molecule has 0 unspecified atom stereocenters. The Morgan fingerprint density at radius 1 is 0.190 bits per heavy atom. The average molecular weight is 1080 g/mol. The van der Waals surface area contributed by atoms with Gasteiger partial charge >= 0.3 is 0 Å². The van der Waals surface area contributed by atoms with E-state index in [1.165, 1.54) is 0 Å². The molecule has 8 heteroatoms. The van der Waals surface area contributed by atoms with E-state index in [0.29, 0.717) is 5.95 Å². The van der Waals surface area contributed by atoms with Crippen molar-refractivity contribution in [3.63, 3.8) is 0 Å². The molecule has 0 aliphatic carbocycles. The Balaban J connectivity index is 0.986. The molecule has 16 rings (SSSR count). The van der Waals surface area contributed by atoms with Crippen LogP contribution in [0.4, 0.5) is 51.2 Å². The Labute approximate surface area is 485 Å². The summed E-state index contributed by atoms with van der Waals surface area (Å²) in [6, 6.07) is 112. The molecule has 0 saturated carbocycles. The van der Waals surface area contributed by atoms with Crippen molar-refractivity contribution in [2.24, 2.45) is 0 Å². The summed E-state index contributed by atoms with van der Waals surface area (Å²) < 4.78 is 6.94. The van der Waals surface area contributed by atoms with Crippen LogP contribution in [0.1, 0.15) is 0 Å². The van der Waals surface area contributed by atoms with Gasteiger partial charge in [-0.2, -0.15) is 9.97 Å². The summed E-state index contributed by atoms with van der Waals surface area (Å²) in [5.41, 5.74) is 15.6. The molecule has 16 aromatic rings. The molecule has 4 heterocycles. The highest BCUT2D eigenvalue weighted by molar-refractivity contribution is 6.13. The fourth-order valence-electron chi connectivity index (χ4n) is 12.5. The lowest BCUT2D eigenvalue weighted by Gasteiger charge is -2.26. The van der Waals surface area contributed by atoms with E-state index in [0.717, 1.165) is 128 Å². The van der Waals surface area contributed by atoms with Crippen molar-refractivity contribution in [3.05, 3.63) is 315 Å². The quantitative estimate of drug-likeness (QED) is 0.122. The first kappa shape index (κ1) is 48.4. The summed E-state index contributed by atoms with van der Waals surface area (Å²) in [6.45, 7) is 0. The van der Waals surface area contributed by atoms with E-state index in [4.69, 9.17) is 9.97 Å². The number of hydrogen-bond donors (Lipinski definition) is 0. The Hall–Kier alpha value is -11.5. The average Bonchev–Trinajstić information content (AvgIpc) is 2.80. The van der Waals surface area contributed by atoms with Crippen molar-refractivity contribution < 1.29 is 0 Å². The Morgan fingerprint density at radius 3 is 0.833 bits per heavy atom. The summed E-state index contributed by atoms with van der Waals surface area (Å²) in [5, 5.41) is 6.67. The molecule has 0 bridgehead atoms. The minimum atomic E-state index is 0.541. The second kappa shape index (κ2) is 20.3. The molecule has 0 saturated heterocycles. The normalized spacial score (nSPS) is 11.6. The van der Waals surface area contributed by atoms with E-state index < -0.39 is 0 Å². The largest absolute Gasteiger partial charge is 0.310 e. The van der Waals surface area contributed by atoms with Crippen molar-refractivity contribution in [2.75, 3.05) is 14.7 Å². The minimum absolute atomic E-state index is 0.541. The molecule has 0 N–H and O–H groups in total. The van der Waals surface area contributed by atoms with Gasteiger partial charge in [0.1, 0.15) is 11.6 Å². The van der Waals surface area contributed by atoms with E-state index in [9.17, 15) is 0 Å². The van der Waals surface area contributed by atoms with Gasteiger partial charge in [0, 0.05) is 89.6 Å². The predicted octanol–water partition coefficient (Wildman–Crippen LogP) is 20.2. The highest BCUT2D eigenvalue weighted by Crippen LogP contribution is 2.44. The molecule has 0 spiro atoms. The Morgan fingerprint density at radius 2 is 0.464 bits per heavy atom. The van der Waals surface area contributed by atoms with Crippen LogP contribution < -0.4 is 14.7 Å². The van der Waals surface area contributed by atoms with Crippen LogP contribution in [0.5, 0.6) is 0 Å². The topological polar surface area (TPSA) is 50.3 Å². The lowest BCUT2D eigenvalue weighted by molar-refractivity contribution is 0.918. The first-order valence-corrected chi connectivity index (χ1v) is 28.4. The lowest BCUT2D eigenvalue weighted by atomic mass is 10.1. The zero-order valence-electron chi connectivity index (χ0n) is 45.6. The van der Waals surface area contributed by atoms with Gasteiger partial charge in [-0.25, -0.2) is 0 Å². The SMILES string of the molecule is c1ccc(N(c2ccccc2)c2ccc3c(c2)c2ccccc2n3-c2nc(-n3c4ccccc4c4ccc(N(c5ccccc5)c5ccccc5)cc43)cc(-n3c4ccccc4c4ccc(N(c5ccccc5)c5ccccc5)cc43)n2)cc1. The van der Waals surface area contributed by atoms with Gasteiger partial charge in [-0.3, -0.25) is 13.7 Å². The van der Waals surface area contributed by atoms with Crippen LogP contribution in [0.15, 0.2) is 315 Å². The highest BCUT2D eigenvalue weighted by Gasteiger charge is 2.25. The fourth-order valence-corrected chi connectivity index (χ4v) is 12.5. The maximum atomic E-state index is 5.83. The first-order valence-electron chi connectivity index (χ1n) is 28.4. The molecule has 0 radical (unpaired) electrons. The fraction of sp³-hybridized carbons (Fsp3) is 0. The number of aromatic nitrogens is 5. The number of rotatable bonds is 12. The number of para-hydroxylation sites is 9. The third kappa shape index (κ3) is 8.15. The molecule has 0 aliphatic rings. The maximum Gasteiger partial charge on any atom is 0.238 e. The van der Waals surface area contributed by atoms with Crippen LogP contribution >= 0.6 is 0 Å². The van der Waals surface area contributed by atoms with E-state index in [2.05, 4.69) is 344 Å². The van der Waals surface area contributed by atoms with Crippen molar-refractivity contribution in [1.82, 2.24) is 23.7 Å². The maximum absolute atomic E-state index is 5.83. The van der Waals surface area contributed by atoms with Gasteiger partial charge in [0.15, 0.2) is 0 Å². The lowest BCUT2D eigenvalue weighted by Crippen LogP contribution is -2.12. The van der Waals surface area contributed by atoms with E-state index in [1.54, 1.807) is 0 Å². The zero-order valence-corrected chi connectivity index (χ0v) is 45.6. The first-order chi connectivity index (χ1) is 41.7.